The van der Waals surface area contributed by atoms with Crippen LogP contribution in [0.15, 0.2) is 47.3 Å². The number of nitrogens with zero attached hydrogens (tertiary/aromatic N) is 2. The zero-order chi connectivity index (χ0) is 24.4. The van der Waals surface area contributed by atoms with E-state index in [1.165, 1.54) is 0 Å². The summed E-state index contributed by atoms with van der Waals surface area (Å²) in [5.74, 6) is 1.98. The molecule has 0 bridgehead atoms. The normalized spacial score (nSPS) is 17.0. The van der Waals surface area contributed by atoms with Crippen molar-refractivity contribution in [3.63, 3.8) is 0 Å². The van der Waals surface area contributed by atoms with Crippen molar-refractivity contribution in [1.29, 1.82) is 0 Å². The summed E-state index contributed by atoms with van der Waals surface area (Å²) < 4.78 is 16.1. The van der Waals surface area contributed by atoms with Crippen LogP contribution in [0.3, 0.4) is 0 Å². The molecule has 0 aliphatic carbocycles. The fourth-order valence-corrected chi connectivity index (χ4v) is 4.83. The first kappa shape index (κ1) is 23.0. The molecule has 9 nitrogen and oxygen atoms in total. The molecular formula is C26H30N4O5. The molecule has 0 saturated carbocycles. The zero-order valence-electron chi connectivity index (χ0n) is 20.0. The molecule has 2 aromatic carbocycles. The number of benzene rings is 2. The van der Waals surface area contributed by atoms with Crippen LogP contribution < -0.4 is 25.1 Å². The largest absolute Gasteiger partial charge is 0.497 e. The molecule has 3 aromatic rings. The Kier molecular flexibility index (Phi) is 6.50. The highest BCUT2D eigenvalue weighted by atomic mass is 16.7. The molecule has 2 aliphatic rings. The summed E-state index contributed by atoms with van der Waals surface area (Å²) in [6.07, 6.45) is 2.13. The molecule has 1 atom stereocenters. The third kappa shape index (κ3) is 4.90. The summed E-state index contributed by atoms with van der Waals surface area (Å²) >= 11 is 0. The number of rotatable bonds is 7. The highest BCUT2D eigenvalue weighted by molar-refractivity contribution is 5.89. The fraction of sp³-hybridized carbons (Fsp3) is 0.385. The van der Waals surface area contributed by atoms with Gasteiger partial charge in [-0.05, 0) is 62.3 Å². The SMILES string of the molecule is CCN1CCC[C@H]1CN(Cc1cc2cc3c(cc2[nH]c1=O)OCO3)C(=O)Nc1ccc(OC)cc1. The van der Waals surface area contributed by atoms with E-state index in [4.69, 9.17) is 14.2 Å². The summed E-state index contributed by atoms with van der Waals surface area (Å²) in [5, 5.41) is 3.80. The fourth-order valence-electron chi connectivity index (χ4n) is 4.83. The van der Waals surface area contributed by atoms with Crippen molar-refractivity contribution in [1.82, 2.24) is 14.8 Å². The van der Waals surface area contributed by atoms with E-state index in [0.29, 0.717) is 40.6 Å². The van der Waals surface area contributed by atoms with E-state index in [-0.39, 0.29) is 31.0 Å². The van der Waals surface area contributed by atoms with Crippen LogP contribution in [-0.2, 0) is 6.54 Å². The number of likely N-dealkylation sites (N-methyl/N-ethyl adjacent to an activating group) is 1. The standard InChI is InChI=1S/C26H30N4O5/c1-3-29-10-4-5-20(29)15-30(26(32)27-19-6-8-21(33-2)9-7-19)14-18-11-17-12-23-24(35-16-34-23)13-22(17)28-25(18)31/h6-9,11-13,20H,3-5,10,14-16H2,1-2H3,(H,27,32)(H,28,31)/t20-/m0/s1. The van der Waals surface area contributed by atoms with E-state index < -0.39 is 0 Å². The Morgan fingerprint density at radius 3 is 2.71 bits per heavy atom. The number of anilines is 1. The minimum absolute atomic E-state index is 0.164. The number of fused-ring (bicyclic) bond motifs is 2. The second-order valence-electron chi connectivity index (χ2n) is 8.88. The lowest BCUT2D eigenvalue weighted by molar-refractivity contribution is 0.174. The minimum Gasteiger partial charge on any atom is -0.497 e. The van der Waals surface area contributed by atoms with Crippen LogP contribution >= 0.6 is 0 Å². The maximum absolute atomic E-state index is 13.4. The number of likely N-dealkylation sites (tertiary alicyclic amines) is 1. The molecule has 0 unspecified atom stereocenters. The van der Waals surface area contributed by atoms with Gasteiger partial charge in [-0.15, -0.1) is 0 Å². The molecule has 2 N–H and O–H groups in total. The molecule has 1 saturated heterocycles. The smallest absolute Gasteiger partial charge is 0.322 e. The number of amides is 2. The van der Waals surface area contributed by atoms with E-state index >= 15 is 0 Å². The van der Waals surface area contributed by atoms with Gasteiger partial charge in [-0.3, -0.25) is 9.69 Å². The molecular weight excluding hydrogens is 448 g/mol. The number of nitrogens with one attached hydrogen (secondary N) is 2. The number of methoxy groups -OCH3 is 1. The number of hydrogen-bond acceptors (Lipinski definition) is 6. The molecule has 2 aliphatic heterocycles. The minimum atomic E-state index is -0.247. The third-order valence-corrected chi connectivity index (χ3v) is 6.74. The van der Waals surface area contributed by atoms with Crippen molar-refractivity contribution in [3.05, 3.63) is 58.4 Å². The van der Waals surface area contributed by atoms with Crippen molar-refractivity contribution < 1.29 is 19.0 Å². The number of H-pyrrole nitrogens is 1. The monoisotopic (exact) mass is 478 g/mol. The van der Waals surface area contributed by atoms with E-state index in [9.17, 15) is 9.59 Å². The highest BCUT2D eigenvalue weighted by Crippen LogP contribution is 2.35. The summed E-state index contributed by atoms with van der Waals surface area (Å²) in [4.78, 5) is 33.4. The van der Waals surface area contributed by atoms with Crippen molar-refractivity contribution >= 4 is 22.6 Å². The van der Waals surface area contributed by atoms with Gasteiger partial charge in [0.2, 0.25) is 6.79 Å². The Labute approximate surface area is 203 Å². The molecule has 35 heavy (non-hydrogen) atoms. The average Bonchev–Trinajstić information content (AvgIpc) is 3.51. The van der Waals surface area contributed by atoms with Crippen molar-refractivity contribution in [2.24, 2.45) is 0 Å². The summed E-state index contributed by atoms with van der Waals surface area (Å²) in [6.45, 7) is 4.99. The molecule has 3 heterocycles. The van der Waals surface area contributed by atoms with Crippen LogP contribution in [0.1, 0.15) is 25.3 Å². The Morgan fingerprint density at radius 2 is 1.97 bits per heavy atom. The number of ether oxygens (including phenoxy) is 3. The summed E-state index contributed by atoms with van der Waals surface area (Å²) in [5.41, 5.74) is 1.63. The maximum atomic E-state index is 13.4. The first-order chi connectivity index (χ1) is 17.0. The quantitative estimate of drug-likeness (QED) is 0.537. The van der Waals surface area contributed by atoms with Gasteiger partial charge in [-0.1, -0.05) is 6.92 Å². The van der Waals surface area contributed by atoms with Crippen LogP contribution in [0.2, 0.25) is 0 Å². The maximum Gasteiger partial charge on any atom is 0.322 e. The lowest BCUT2D eigenvalue weighted by Gasteiger charge is -2.30. The summed E-state index contributed by atoms with van der Waals surface area (Å²) in [6, 6.07) is 12.7. The third-order valence-electron chi connectivity index (χ3n) is 6.74. The highest BCUT2D eigenvalue weighted by Gasteiger charge is 2.28. The number of aromatic nitrogens is 1. The Bertz CT molecular complexity index is 1270. The first-order valence-corrected chi connectivity index (χ1v) is 11.9. The van der Waals surface area contributed by atoms with Crippen molar-refractivity contribution in [2.75, 3.05) is 38.9 Å². The van der Waals surface area contributed by atoms with Crippen LogP contribution in [0.4, 0.5) is 10.5 Å². The molecule has 0 radical (unpaired) electrons. The number of carbonyl (C=O) groups excluding carboxylic acids is 1. The molecule has 1 fully saturated rings. The number of aromatic amines is 1. The van der Waals surface area contributed by atoms with E-state index in [1.807, 2.05) is 12.1 Å². The van der Waals surface area contributed by atoms with E-state index in [1.54, 1.807) is 42.3 Å². The second-order valence-corrected chi connectivity index (χ2v) is 8.88. The van der Waals surface area contributed by atoms with Gasteiger partial charge in [0.25, 0.3) is 5.56 Å². The molecule has 1 aromatic heterocycles. The van der Waals surface area contributed by atoms with Gasteiger partial charge in [-0.25, -0.2) is 4.79 Å². The Balaban J connectivity index is 1.42. The van der Waals surface area contributed by atoms with Gasteiger partial charge in [0.1, 0.15) is 5.75 Å². The van der Waals surface area contributed by atoms with Crippen LogP contribution in [-0.4, -0.2) is 60.4 Å². The van der Waals surface area contributed by atoms with Crippen molar-refractivity contribution in [3.8, 4) is 17.2 Å². The second kappa shape index (κ2) is 9.87. The number of pyridine rings is 1. The predicted molar refractivity (Wildman–Crippen MR) is 133 cm³/mol. The van der Waals surface area contributed by atoms with Gasteiger partial charge < -0.3 is 29.4 Å². The Hall–Kier alpha value is -3.72. The van der Waals surface area contributed by atoms with E-state index in [2.05, 4.69) is 22.1 Å². The number of carbonyl (C=O) groups is 1. The zero-order valence-corrected chi connectivity index (χ0v) is 20.0. The Morgan fingerprint density at radius 1 is 1.20 bits per heavy atom. The van der Waals surface area contributed by atoms with E-state index in [0.717, 1.165) is 31.3 Å². The van der Waals surface area contributed by atoms with Gasteiger partial charge in [0.15, 0.2) is 11.5 Å². The van der Waals surface area contributed by atoms with Gasteiger partial charge in [-0.2, -0.15) is 0 Å². The molecule has 5 rings (SSSR count). The van der Waals surface area contributed by atoms with Gasteiger partial charge in [0.05, 0.1) is 19.2 Å². The van der Waals surface area contributed by atoms with Gasteiger partial charge >= 0.3 is 6.03 Å². The van der Waals surface area contributed by atoms with Crippen LogP contribution in [0, 0.1) is 0 Å². The summed E-state index contributed by atoms with van der Waals surface area (Å²) in [7, 11) is 1.60. The first-order valence-electron chi connectivity index (χ1n) is 11.9. The predicted octanol–water partition coefficient (Wildman–Crippen LogP) is 3.78. The van der Waals surface area contributed by atoms with Crippen molar-refractivity contribution in [2.45, 2.75) is 32.4 Å². The van der Waals surface area contributed by atoms with Gasteiger partial charge in [0, 0.05) is 35.3 Å². The van der Waals surface area contributed by atoms with Crippen LogP contribution in [0.25, 0.3) is 10.9 Å². The van der Waals surface area contributed by atoms with Crippen LogP contribution in [0.5, 0.6) is 17.2 Å². The molecule has 0 spiro atoms. The number of urea groups is 1. The topological polar surface area (TPSA) is 96.1 Å². The average molecular weight is 479 g/mol. The lowest BCUT2D eigenvalue weighted by Crippen LogP contribution is -2.45. The molecule has 9 heteroatoms. The molecule has 2 amide bonds. The molecule has 184 valence electrons. The lowest BCUT2D eigenvalue weighted by atomic mass is 10.1. The number of hydrogen-bond donors (Lipinski definition) is 2.